The number of ether oxygens (including phenoxy) is 1. The summed E-state index contributed by atoms with van der Waals surface area (Å²) < 4.78 is 37.2. The predicted molar refractivity (Wildman–Crippen MR) is 109 cm³/mol. The summed E-state index contributed by atoms with van der Waals surface area (Å²) >= 11 is 0. The largest absolute Gasteiger partial charge is 0.490 e. The maximum Gasteiger partial charge on any atom is 0.490 e. The molecule has 2 heterocycles. The summed E-state index contributed by atoms with van der Waals surface area (Å²) in [5, 5.41) is 7.12. The highest BCUT2D eigenvalue weighted by atomic mass is 19.4. The third-order valence-corrected chi connectivity index (χ3v) is 6.49. The van der Waals surface area contributed by atoms with Gasteiger partial charge in [-0.2, -0.15) is 13.2 Å². The average molecular weight is 442 g/mol. The molecule has 1 aromatic rings. The number of carbonyl (C=O) groups excluding carboxylic acids is 1. The lowest BCUT2D eigenvalue weighted by Crippen LogP contribution is -2.46. The zero-order chi connectivity index (χ0) is 22.6. The Morgan fingerprint density at radius 1 is 1.19 bits per heavy atom. The Labute approximate surface area is 180 Å². The summed E-state index contributed by atoms with van der Waals surface area (Å²) in [6.45, 7) is 4.92. The molecule has 1 amide bonds. The van der Waals surface area contributed by atoms with Gasteiger partial charge in [0.1, 0.15) is 0 Å². The Bertz CT molecular complexity index is 760. The lowest BCUT2D eigenvalue weighted by molar-refractivity contribution is -0.192. The average Bonchev–Trinajstić information content (AvgIpc) is 3.51. The van der Waals surface area contributed by atoms with Gasteiger partial charge in [-0.1, -0.05) is 18.2 Å². The van der Waals surface area contributed by atoms with Crippen LogP contribution in [0.2, 0.25) is 0 Å². The van der Waals surface area contributed by atoms with E-state index in [0.717, 1.165) is 44.1 Å². The number of halogens is 3. The summed E-state index contributed by atoms with van der Waals surface area (Å²) in [5.74, 6) is -1.56. The third kappa shape index (κ3) is 5.77. The fourth-order valence-electron chi connectivity index (χ4n) is 4.55. The summed E-state index contributed by atoms with van der Waals surface area (Å²) in [6.07, 6.45) is -0.0337. The van der Waals surface area contributed by atoms with Crippen molar-refractivity contribution in [1.29, 1.82) is 0 Å². The molecule has 1 aliphatic carbocycles. The van der Waals surface area contributed by atoms with Crippen LogP contribution in [0.25, 0.3) is 0 Å². The van der Waals surface area contributed by atoms with Crippen LogP contribution in [-0.4, -0.2) is 68.0 Å². The van der Waals surface area contributed by atoms with E-state index in [0.29, 0.717) is 6.61 Å². The van der Waals surface area contributed by atoms with Gasteiger partial charge in [-0.25, -0.2) is 4.79 Å². The van der Waals surface area contributed by atoms with E-state index in [1.165, 1.54) is 19.4 Å². The van der Waals surface area contributed by atoms with Crippen molar-refractivity contribution in [3.05, 3.63) is 30.3 Å². The van der Waals surface area contributed by atoms with Gasteiger partial charge in [0.05, 0.1) is 12.5 Å². The van der Waals surface area contributed by atoms with Crippen LogP contribution in [0.15, 0.2) is 30.3 Å². The number of hydrogen-bond donors (Lipinski definition) is 1. The van der Waals surface area contributed by atoms with E-state index in [4.69, 9.17) is 14.6 Å². The highest BCUT2D eigenvalue weighted by molar-refractivity contribution is 5.98. The van der Waals surface area contributed by atoms with Gasteiger partial charge < -0.3 is 19.6 Å². The van der Waals surface area contributed by atoms with E-state index >= 15 is 0 Å². The molecule has 172 valence electrons. The Morgan fingerprint density at radius 2 is 1.77 bits per heavy atom. The molecule has 0 bridgehead atoms. The molecule has 1 N–H and O–H groups in total. The van der Waals surface area contributed by atoms with Crippen LogP contribution in [0.5, 0.6) is 0 Å². The molecule has 9 heteroatoms. The van der Waals surface area contributed by atoms with Crippen LogP contribution < -0.4 is 4.90 Å². The first kappa shape index (κ1) is 23.5. The first-order chi connectivity index (χ1) is 14.7. The van der Waals surface area contributed by atoms with E-state index in [-0.39, 0.29) is 17.2 Å². The Balaban J connectivity index is 0.000000339. The van der Waals surface area contributed by atoms with Gasteiger partial charge in [-0.3, -0.25) is 4.79 Å². The quantitative estimate of drug-likeness (QED) is 0.757. The van der Waals surface area contributed by atoms with Gasteiger partial charge in [-0.05, 0) is 56.8 Å². The number of likely N-dealkylation sites (tertiary alicyclic amines) is 1. The monoisotopic (exact) mass is 442 g/mol. The fourth-order valence-corrected chi connectivity index (χ4v) is 4.55. The highest BCUT2D eigenvalue weighted by Crippen LogP contribution is 2.47. The summed E-state index contributed by atoms with van der Waals surface area (Å²) in [5.41, 5.74) is 1.11. The normalized spacial score (nSPS) is 23.5. The van der Waals surface area contributed by atoms with Crippen molar-refractivity contribution >= 4 is 17.6 Å². The summed E-state index contributed by atoms with van der Waals surface area (Å²) in [6, 6.07) is 10.1. The SMILES string of the molecule is COCC1C(=O)N(c2ccccc2)CC12CCN(CC1CC1)CC2.O=C(O)C(F)(F)F. The van der Waals surface area contributed by atoms with Crippen molar-refractivity contribution in [2.24, 2.45) is 17.3 Å². The summed E-state index contributed by atoms with van der Waals surface area (Å²) in [7, 11) is 1.72. The molecule has 2 aliphatic heterocycles. The van der Waals surface area contributed by atoms with Crippen LogP contribution in [0.4, 0.5) is 18.9 Å². The maximum atomic E-state index is 13.1. The van der Waals surface area contributed by atoms with Crippen LogP contribution in [-0.2, 0) is 14.3 Å². The zero-order valence-electron chi connectivity index (χ0n) is 17.6. The van der Waals surface area contributed by atoms with Gasteiger partial charge in [0.2, 0.25) is 5.91 Å². The van der Waals surface area contributed by atoms with Crippen molar-refractivity contribution in [2.45, 2.75) is 31.9 Å². The van der Waals surface area contributed by atoms with Gasteiger partial charge in [0, 0.05) is 31.3 Å². The molecule has 0 radical (unpaired) electrons. The van der Waals surface area contributed by atoms with E-state index in [9.17, 15) is 18.0 Å². The third-order valence-electron chi connectivity index (χ3n) is 6.49. The fraction of sp³-hybridized carbons (Fsp3) is 0.636. The molecular formula is C22H29F3N2O4. The standard InChI is InChI=1S/C20H28N2O2.C2HF3O2/c1-24-14-18-19(23)22(17-5-3-2-4-6-17)15-20(18)9-11-21(12-10-20)13-16-7-8-16;3-2(4,5)1(6)7/h2-6,16,18H,7-15H2,1H3;(H,6,7). The Morgan fingerprint density at radius 3 is 2.26 bits per heavy atom. The molecule has 1 saturated carbocycles. The number of carbonyl (C=O) groups is 2. The van der Waals surface area contributed by atoms with Crippen LogP contribution in [0, 0.1) is 17.3 Å². The zero-order valence-corrected chi connectivity index (χ0v) is 17.6. The molecule has 4 rings (SSSR count). The number of benzene rings is 1. The molecule has 31 heavy (non-hydrogen) atoms. The number of para-hydroxylation sites is 1. The Hall–Kier alpha value is -2.13. The number of hydrogen-bond acceptors (Lipinski definition) is 4. The molecule has 0 aromatic heterocycles. The first-order valence-corrected chi connectivity index (χ1v) is 10.5. The number of carboxylic acid groups (broad SMARTS) is 1. The first-order valence-electron chi connectivity index (χ1n) is 10.5. The summed E-state index contributed by atoms with van der Waals surface area (Å²) in [4.78, 5) is 26.6. The molecule has 1 atom stereocenters. The molecule has 3 aliphatic rings. The maximum absolute atomic E-state index is 13.1. The number of rotatable bonds is 5. The molecule has 1 spiro atoms. The molecule has 6 nitrogen and oxygen atoms in total. The van der Waals surface area contributed by atoms with E-state index in [2.05, 4.69) is 4.90 Å². The van der Waals surface area contributed by atoms with Gasteiger partial charge in [-0.15, -0.1) is 0 Å². The van der Waals surface area contributed by atoms with Crippen molar-refractivity contribution in [2.75, 3.05) is 44.8 Å². The second-order valence-corrected chi connectivity index (χ2v) is 8.68. The van der Waals surface area contributed by atoms with E-state index in [1.807, 2.05) is 35.2 Å². The minimum atomic E-state index is -5.08. The molecule has 3 fully saturated rings. The second kappa shape index (κ2) is 9.56. The minimum Gasteiger partial charge on any atom is -0.475 e. The van der Waals surface area contributed by atoms with Gasteiger partial charge in [0.25, 0.3) is 0 Å². The number of anilines is 1. The van der Waals surface area contributed by atoms with Crippen LogP contribution >= 0.6 is 0 Å². The number of carboxylic acids is 1. The number of piperidine rings is 1. The van der Waals surface area contributed by atoms with Crippen LogP contribution in [0.3, 0.4) is 0 Å². The van der Waals surface area contributed by atoms with Crippen molar-refractivity contribution in [1.82, 2.24) is 4.90 Å². The van der Waals surface area contributed by atoms with E-state index in [1.54, 1.807) is 7.11 Å². The number of aliphatic carboxylic acids is 1. The number of amides is 1. The minimum absolute atomic E-state index is 0.00535. The van der Waals surface area contributed by atoms with Crippen molar-refractivity contribution < 1.29 is 32.6 Å². The van der Waals surface area contributed by atoms with Crippen molar-refractivity contribution in [3.8, 4) is 0 Å². The number of methoxy groups -OCH3 is 1. The van der Waals surface area contributed by atoms with E-state index < -0.39 is 12.1 Å². The highest BCUT2D eigenvalue weighted by Gasteiger charge is 2.53. The second-order valence-electron chi connectivity index (χ2n) is 8.68. The van der Waals surface area contributed by atoms with Crippen molar-refractivity contribution in [3.63, 3.8) is 0 Å². The van der Waals surface area contributed by atoms with Gasteiger partial charge >= 0.3 is 12.1 Å². The lowest BCUT2D eigenvalue weighted by Gasteiger charge is -2.41. The van der Waals surface area contributed by atoms with Gasteiger partial charge in [0.15, 0.2) is 0 Å². The molecule has 1 unspecified atom stereocenters. The molecule has 1 aromatic carbocycles. The predicted octanol–water partition coefficient (Wildman–Crippen LogP) is 3.42. The number of nitrogens with zero attached hydrogens (tertiary/aromatic N) is 2. The Kier molecular flexibility index (Phi) is 7.26. The molecular weight excluding hydrogens is 413 g/mol. The van der Waals surface area contributed by atoms with Crippen LogP contribution in [0.1, 0.15) is 25.7 Å². The molecule has 2 saturated heterocycles. The topological polar surface area (TPSA) is 70.1 Å². The lowest BCUT2D eigenvalue weighted by atomic mass is 9.71. The smallest absolute Gasteiger partial charge is 0.475 e. The number of alkyl halides is 3.